The smallest absolute Gasteiger partial charge is 0.415 e. The second kappa shape index (κ2) is 47.0. The van der Waals surface area contributed by atoms with Crippen LogP contribution in [0.3, 0.4) is 0 Å². The Balaban J connectivity index is 0.0000166. The van der Waals surface area contributed by atoms with E-state index < -0.39 is 95.7 Å². The van der Waals surface area contributed by atoms with Crippen LogP contribution >= 0.6 is 34.5 Å². The molecule has 34 nitrogen and oxygen atoms in total. The molecule has 4 aliphatic rings. The maximum absolute atomic E-state index is 14.9. The van der Waals surface area contributed by atoms with Crippen molar-refractivity contribution >= 4 is 151 Å². The first kappa shape index (κ1) is 96.5. The molecule has 0 bridgehead atoms. The maximum atomic E-state index is 14.9. The molecule has 5 heterocycles. The van der Waals surface area contributed by atoms with Gasteiger partial charge < -0.3 is 122 Å². The number of primary amides is 1. The van der Waals surface area contributed by atoms with Gasteiger partial charge in [0, 0.05) is 157 Å². The SMILES string of the molecule is CC(C)C(NC(=O)CCOCCOCCOCCOCCOCCOCCN1C(=O)CC([S-])C1=O)C(=O)CC(CCCNC(N)=O)C(=O)Nc1ccc(COC(=O)N(C)CCN(C)C(=O)Oc2cc3c(c4ccccc24)C(CCl)CN3C(=O)c2ccc(C(=O)N3CC(CCl)c4c3cc(O[C@@H]3OC(C(=O)O)[C@@H](O)[C@H](O)C3O)c3ccccc43)s2)cc1.[Y]. The molecule has 39 heteroatoms. The average Bonchev–Trinajstić information content (AvgIpc) is 1.61. The molecular weight excluding hydrogens is 1730 g/mol. The molecule has 1 radical (unpaired) electrons. The van der Waals surface area contributed by atoms with Gasteiger partial charge in [0.05, 0.1) is 113 Å². The molecule has 7 unspecified atom stereocenters. The number of ether oxygens (including phenoxy) is 10. The maximum Gasteiger partial charge on any atom is 0.415 e. The van der Waals surface area contributed by atoms with Crippen molar-refractivity contribution in [2.24, 2.45) is 17.6 Å². The number of amides is 10. The number of aliphatic hydroxyl groups excluding tert-OH is 3. The molecule has 2 fully saturated rings. The number of carboxylic acid groups (broad SMARTS) is 1. The first-order valence-electron chi connectivity index (χ1n) is 39.3. The summed E-state index contributed by atoms with van der Waals surface area (Å²) in [5.41, 5.74) is 8.50. The number of nitrogens with zero attached hydrogens (tertiary/aromatic N) is 5. The Morgan fingerprint density at radius 3 is 1.67 bits per heavy atom. The zero-order chi connectivity index (χ0) is 86.3. The summed E-state index contributed by atoms with van der Waals surface area (Å²) < 4.78 is 56.3. The molecule has 121 heavy (non-hydrogen) atoms. The van der Waals surface area contributed by atoms with Gasteiger partial charge in [-0.1, -0.05) is 79.8 Å². The number of urea groups is 1. The van der Waals surface area contributed by atoms with Crippen LogP contribution in [0.1, 0.15) is 93.8 Å². The van der Waals surface area contributed by atoms with E-state index in [0.29, 0.717) is 109 Å². The summed E-state index contributed by atoms with van der Waals surface area (Å²) >= 11 is 19.2. The third kappa shape index (κ3) is 25.7. The number of nitrogens with one attached hydrogen (secondary N) is 3. The number of carbonyl (C=O) groups excluding carboxylic acids is 10. The quantitative estimate of drug-likeness (QED) is 0.00905. The molecule has 10 amide bonds. The van der Waals surface area contributed by atoms with Crippen molar-refractivity contribution in [1.29, 1.82) is 0 Å². The number of halogens is 2. The van der Waals surface area contributed by atoms with Gasteiger partial charge in [0.15, 0.2) is 11.9 Å². The second-order valence-electron chi connectivity index (χ2n) is 29.3. The Morgan fingerprint density at radius 1 is 0.661 bits per heavy atom. The minimum Gasteiger partial charge on any atom is -0.779 e. The second-order valence-corrected chi connectivity index (χ2v) is 31.6. The number of rotatable bonds is 45. The summed E-state index contributed by atoms with van der Waals surface area (Å²) in [7, 11) is 2.99. The fourth-order valence-electron chi connectivity index (χ4n) is 14.1. The minimum atomic E-state index is -1.96. The zero-order valence-corrected chi connectivity index (χ0v) is 73.3. The van der Waals surface area contributed by atoms with Crippen LogP contribution in [0.25, 0.3) is 21.5 Å². The molecule has 1 aromatic heterocycles. The van der Waals surface area contributed by atoms with Gasteiger partial charge in [0.2, 0.25) is 29.9 Å². The molecule has 6 aromatic rings. The van der Waals surface area contributed by atoms with Crippen LogP contribution in [0.5, 0.6) is 11.5 Å². The third-order valence-electron chi connectivity index (χ3n) is 20.6. The van der Waals surface area contributed by atoms with E-state index in [1.54, 1.807) is 92.7 Å². The van der Waals surface area contributed by atoms with Crippen molar-refractivity contribution in [1.82, 2.24) is 25.3 Å². The summed E-state index contributed by atoms with van der Waals surface area (Å²) in [4.78, 5) is 152. The molecular formula is C82H100Cl2N9O25S2Y-. The van der Waals surface area contributed by atoms with Crippen molar-refractivity contribution in [2.45, 2.75) is 106 Å². The van der Waals surface area contributed by atoms with Crippen molar-refractivity contribution < 1.29 is 153 Å². The van der Waals surface area contributed by atoms with Crippen LogP contribution < -0.4 is 41.0 Å². The molecule has 0 saturated carbocycles. The number of fused-ring (bicyclic) bond motifs is 6. The van der Waals surface area contributed by atoms with Gasteiger partial charge in [-0.2, -0.15) is 0 Å². The number of anilines is 3. The van der Waals surface area contributed by atoms with Gasteiger partial charge in [-0.15, -0.1) is 34.5 Å². The summed E-state index contributed by atoms with van der Waals surface area (Å²) in [5.74, 6) is -5.96. The number of aliphatic hydroxyl groups is 3. The van der Waals surface area contributed by atoms with Crippen LogP contribution in [-0.2, 0) is 119 Å². The normalized spacial score (nSPS) is 19.1. The first-order valence-corrected chi connectivity index (χ1v) is 41.6. The molecule has 4 aliphatic heterocycles. The van der Waals surface area contributed by atoms with Crippen molar-refractivity contribution in [2.75, 3.05) is 160 Å². The number of likely N-dealkylation sites (N-methyl/N-ethyl adjacent to an activating group) is 2. The number of nitrogens with two attached hydrogens (primary N) is 1. The number of carboxylic acids is 1. The van der Waals surface area contributed by atoms with Gasteiger partial charge in [-0.25, -0.2) is 19.2 Å². The number of imide groups is 1. The number of likely N-dealkylation sites (tertiary alicyclic amines) is 1. The molecule has 10 rings (SSSR count). The molecule has 653 valence electrons. The number of hydrogen-bond donors (Lipinski definition) is 8. The standard InChI is InChI=1S/C82H101Cl2N9O25S2.Y/c1-47(2)69(88-65(95)21-26-109-28-30-111-32-34-113-36-37-114-35-33-112-31-29-110-27-25-91-66(96)41-62(119)75(91)101)59(94)38-49(10-9-22-86-80(85)106)74(100)87-52-17-15-48(16-18-52)46-115-81(107)89(3)23-24-90(4)82(108)117-61-40-58-68(56-14-8-6-12-54(56)61)51(43-84)45-93(58)77(103)64-20-19-63(120-64)76(102)92-44-50(42-83)67-55-13-7-5-11-53(55)60(39-57(67)92)116-79-72(99)70(97)71(98)73(118-79)78(104)105;/h5-8,11-20,39-40,47,49-51,62,69-73,79,97-99,119H,9-10,21-38,41-46H2,1-4H3,(H,87,100)(H,88,95)(H,104,105)(H3,85,86,106);/p-1/t49?,50?,51?,62?,69?,70-,71-,72?,73?,79+;/m0./s1. The fraction of sp³-hybridized carbons (Fsp3) is 0.500. The summed E-state index contributed by atoms with van der Waals surface area (Å²) in [5, 5.41) is 51.4. The predicted octanol–water partition coefficient (Wildman–Crippen LogP) is 6.26. The van der Waals surface area contributed by atoms with Crippen LogP contribution in [0.2, 0.25) is 0 Å². The van der Waals surface area contributed by atoms with Crippen molar-refractivity contribution in [3.63, 3.8) is 0 Å². The number of ketones is 1. The van der Waals surface area contributed by atoms with E-state index >= 15 is 0 Å². The average molecular weight is 1840 g/mol. The number of hydrogen-bond acceptors (Lipinski definition) is 26. The Hall–Kier alpha value is -8.28. The zero-order valence-electron chi connectivity index (χ0n) is 67.3. The Kier molecular flexibility index (Phi) is 37.5. The van der Waals surface area contributed by atoms with Gasteiger partial charge in [0.1, 0.15) is 36.4 Å². The van der Waals surface area contributed by atoms with E-state index in [1.807, 2.05) is 12.1 Å². The largest absolute Gasteiger partial charge is 0.779 e. The van der Waals surface area contributed by atoms with Crippen LogP contribution in [0.15, 0.2) is 97.1 Å². The molecule has 9 N–H and O–H groups in total. The van der Waals surface area contributed by atoms with Gasteiger partial charge in [0.25, 0.3) is 11.8 Å². The molecule has 2 saturated heterocycles. The minimum absolute atomic E-state index is 0. The predicted molar refractivity (Wildman–Crippen MR) is 443 cm³/mol. The fourth-order valence-corrected chi connectivity index (χ4v) is 15.8. The number of Topliss-reactive ketones (excluding diaryl/α,β-unsaturated/α-hetero) is 1. The Morgan fingerprint density at radius 2 is 1.17 bits per heavy atom. The van der Waals surface area contributed by atoms with E-state index in [9.17, 15) is 73.2 Å². The molecule has 5 aromatic carbocycles. The Labute approximate surface area is 743 Å². The van der Waals surface area contributed by atoms with E-state index in [-0.39, 0.29) is 199 Å². The van der Waals surface area contributed by atoms with Gasteiger partial charge in [-0.3, -0.25) is 38.5 Å². The number of carbonyl (C=O) groups is 11. The van der Waals surface area contributed by atoms with E-state index in [4.69, 9.17) is 88.9 Å². The topological polar surface area (TPSA) is 439 Å². The summed E-state index contributed by atoms with van der Waals surface area (Å²) in [6, 6.07) is 25.3. The van der Waals surface area contributed by atoms with Crippen molar-refractivity contribution in [3.05, 3.63) is 124 Å². The molecule has 10 atom stereocenters. The molecule has 0 spiro atoms. The van der Waals surface area contributed by atoms with Crippen LogP contribution in [-0.4, -0.2) is 287 Å². The van der Waals surface area contributed by atoms with Gasteiger partial charge in [-0.05, 0) is 70.5 Å². The van der Waals surface area contributed by atoms with E-state index in [1.165, 1.54) is 39.8 Å². The van der Waals surface area contributed by atoms with Crippen molar-refractivity contribution in [3.8, 4) is 11.5 Å². The van der Waals surface area contributed by atoms with Gasteiger partial charge >= 0.3 is 24.2 Å². The van der Waals surface area contributed by atoms with E-state index in [0.717, 1.165) is 21.8 Å². The van der Waals surface area contributed by atoms with E-state index in [2.05, 4.69) is 16.0 Å². The molecule has 0 aliphatic carbocycles. The summed E-state index contributed by atoms with van der Waals surface area (Å²) in [6.45, 7) is 7.37. The first-order chi connectivity index (χ1) is 57.7. The number of thiophene rings is 1. The van der Waals surface area contributed by atoms with Crippen LogP contribution in [0.4, 0.5) is 31.4 Å². The monoisotopic (exact) mass is 1830 g/mol. The van der Waals surface area contributed by atoms with Crippen LogP contribution in [0, 0.1) is 11.8 Å². The number of aliphatic carboxylic acids is 1. The Bertz CT molecular complexity index is 4610. The summed E-state index contributed by atoms with van der Waals surface area (Å²) in [6.07, 6.45) is -10.7. The third-order valence-corrected chi connectivity index (χ3v) is 22.7. The number of alkyl halides is 2. The number of benzene rings is 5.